The van der Waals surface area contributed by atoms with Crippen LogP contribution in [0.1, 0.15) is 25.3 Å². The van der Waals surface area contributed by atoms with E-state index < -0.39 is 0 Å². The molecule has 30 heavy (non-hydrogen) atoms. The second-order valence-electron chi connectivity index (χ2n) is 7.25. The number of hydrogen-bond acceptors (Lipinski definition) is 4. The van der Waals surface area contributed by atoms with E-state index >= 15 is 0 Å². The molecule has 4 rings (SSSR count). The zero-order valence-corrected chi connectivity index (χ0v) is 17.4. The fraction of sp³-hybridized carbons (Fsp3) is 0.167. The number of fused-ring (bicyclic) bond motifs is 1. The van der Waals surface area contributed by atoms with Gasteiger partial charge in [0.2, 0.25) is 5.89 Å². The van der Waals surface area contributed by atoms with Crippen LogP contribution in [0, 0.1) is 0 Å². The Kier molecular flexibility index (Phi) is 5.72. The average Bonchev–Trinajstić information content (AvgIpc) is 3.17. The first-order valence-electron chi connectivity index (χ1n) is 9.68. The summed E-state index contributed by atoms with van der Waals surface area (Å²) in [6.07, 6.45) is 0. The lowest BCUT2D eigenvalue weighted by Crippen LogP contribution is -2.20. The Morgan fingerprint density at radius 3 is 2.60 bits per heavy atom. The molecule has 1 aromatic heterocycles. The van der Waals surface area contributed by atoms with Gasteiger partial charge >= 0.3 is 0 Å². The molecule has 1 amide bonds. The van der Waals surface area contributed by atoms with E-state index in [1.807, 2.05) is 18.2 Å². The number of benzene rings is 3. The van der Waals surface area contributed by atoms with Crippen LogP contribution in [0.4, 0.5) is 5.69 Å². The number of oxazole rings is 1. The second-order valence-corrected chi connectivity index (χ2v) is 7.65. The predicted molar refractivity (Wildman–Crippen MR) is 119 cm³/mol. The SMILES string of the molecule is CC(C)c1ccc2oc(-c3ccc(NC(=O)COc4ccccc4Cl)cc3)nc2c1. The molecule has 0 bridgehead atoms. The van der Waals surface area contributed by atoms with Crippen molar-refractivity contribution in [3.8, 4) is 17.2 Å². The molecule has 0 fully saturated rings. The molecule has 0 saturated carbocycles. The third-order valence-corrected chi connectivity index (χ3v) is 5.00. The average molecular weight is 421 g/mol. The highest BCUT2D eigenvalue weighted by atomic mass is 35.5. The Morgan fingerprint density at radius 1 is 1.10 bits per heavy atom. The Labute approximate surface area is 179 Å². The number of aromatic nitrogens is 1. The van der Waals surface area contributed by atoms with Gasteiger partial charge in [0.1, 0.15) is 11.3 Å². The van der Waals surface area contributed by atoms with Gasteiger partial charge in [0, 0.05) is 11.3 Å². The van der Waals surface area contributed by atoms with Gasteiger partial charge in [0.05, 0.1) is 5.02 Å². The van der Waals surface area contributed by atoms with E-state index in [0.29, 0.717) is 28.3 Å². The number of carbonyl (C=O) groups excluding carboxylic acids is 1. The quantitative estimate of drug-likeness (QED) is 0.398. The number of amides is 1. The van der Waals surface area contributed by atoms with Crippen molar-refractivity contribution in [2.45, 2.75) is 19.8 Å². The van der Waals surface area contributed by atoms with E-state index in [1.165, 1.54) is 5.56 Å². The fourth-order valence-corrected chi connectivity index (χ4v) is 3.22. The van der Waals surface area contributed by atoms with E-state index in [0.717, 1.165) is 16.7 Å². The topological polar surface area (TPSA) is 64.4 Å². The van der Waals surface area contributed by atoms with Crippen LogP contribution in [0.5, 0.6) is 5.75 Å². The molecule has 0 saturated heterocycles. The van der Waals surface area contributed by atoms with Crippen molar-refractivity contribution in [3.63, 3.8) is 0 Å². The van der Waals surface area contributed by atoms with Crippen molar-refractivity contribution in [1.29, 1.82) is 0 Å². The van der Waals surface area contributed by atoms with Crippen molar-refractivity contribution in [3.05, 3.63) is 77.3 Å². The normalized spacial score (nSPS) is 11.1. The van der Waals surface area contributed by atoms with Gasteiger partial charge in [0.15, 0.2) is 12.2 Å². The molecule has 4 aromatic rings. The van der Waals surface area contributed by atoms with Gasteiger partial charge in [-0.3, -0.25) is 4.79 Å². The van der Waals surface area contributed by atoms with Crippen molar-refractivity contribution >= 4 is 34.3 Å². The van der Waals surface area contributed by atoms with Crippen LogP contribution in [0.15, 0.2) is 71.1 Å². The first-order chi connectivity index (χ1) is 14.5. The summed E-state index contributed by atoms with van der Waals surface area (Å²) in [5, 5.41) is 3.26. The minimum absolute atomic E-state index is 0.130. The van der Waals surface area contributed by atoms with E-state index in [-0.39, 0.29) is 12.5 Å². The standard InChI is InChI=1S/C24H21ClN2O3/c1-15(2)17-9-12-22-20(13-17)27-24(30-22)16-7-10-18(11-8-16)26-23(28)14-29-21-6-4-3-5-19(21)25/h3-13,15H,14H2,1-2H3,(H,26,28). The summed E-state index contributed by atoms with van der Waals surface area (Å²) in [4.78, 5) is 16.7. The van der Waals surface area contributed by atoms with Gasteiger partial charge in [-0.2, -0.15) is 0 Å². The number of carbonyl (C=O) groups is 1. The minimum Gasteiger partial charge on any atom is -0.482 e. The number of rotatable bonds is 6. The molecular formula is C24H21ClN2O3. The molecule has 0 aliphatic heterocycles. The summed E-state index contributed by atoms with van der Waals surface area (Å²) in [6.45, 7) is 4.16. The minimum atomic E-state index is -0.272. The Balaban J connectivity index is 1.42. The molecule has 152 valence electrons. The fourth-order valence-electron chi connectivity index (χ4n) is 3.03. The summed E-state index contributed by atoms with van der Waals surface area (Å²) in [5.41, 5.74) is 4.31. The number of anilines is 1. The van der Waals surface area contributed by atoms with E-state index in [9.17, 15) is 4.79 Å². The summed E-state index contributed by atoms with van der Waals surface area (Å²) in [5.74, 6) is 1.18. The number of ether oxygens (including phenoxy) is 1. The van der Waals surface area contributed by atoms with Gasteiger partial charge in [-0.25, -0.2) is 4.98 Å². The van der Waals surface area contributed by atoms with Crippen LogP contribution in [0.25, 0.3) is 22.6 Å². The van der Waals surface area contributed by atoms with Crippen LogP contribution in [-0.4, -0.2) is 17.5 Å². The Hall–Kier alpha value is -3.31. The van der Waals surface area contributed by atoms with Crippen LogP contribution in [-0.2, 0) is 4.79 Å². The first kappa shape index (κ1) is 20.0. The van der Waals surface area contributed by atoms with Crippen molar-refractivity contribution < 1.29 is 13.9 Å². The summed E-state index contributed by atoms with van der Waals surface area (Å²) < 4.78 is 11.3. The zero-order valence-electron chi connectivity index (χ0n) is 16.7. The Bertz CT molecular complexity index is 1180. The molecule has 3 aromatic carbocycles. The molecule has 6 heteroatoms. The maximum atomic E-state index is 12.1. The molecule has 0 spiro atoms. The third kappa shape index (κ3) is 4.47. The van der Waals surface area contributed by atoms with Crippen molar-refractivity contribution in [2.75, 3.05) is 11.9 Å². The molecule has 0 unspecified atom stereocenters. The van der Waals surface area contributed by atoms with E-state index in [4.69, 9.17) is 20.8 Å². The highest BCUT2D eigenvalue weighted by Crippen LogP contribution is 2.28. The molecule has 1 N–H and O–H groups in total. The molecule has 0 aliphatic rings. The second kappa shape index (κ2) is 8.59. The van der Waals surface area contributed by atoms with Gasteiger partial charge < -0.3 is 14.5 Å². The third-order valence-electron chi connectivity index (χ3n) is 4.69. The molecule has 0 aliphatic carbocycles. The number of hydrogen-bond donors (Lipinski definition) is 1. The summed E-state index contributed by atoms with van der Waals surface area (Å²) in [6, 6.07) is 20.4. The molecular weight excluding hydrogens is 400 g/mol. The lowest BCUT2D eigenvalue weighted by molar-refractivity contribution is -0.118. The van der Waals surface area contributed by atoms with Crippen LogP contribution < -0.4 is 10.1 Å². The smallest absolute Gasteiger partial charge is 0.262 e. The van der Waals surface area contributed by atoms with E-state index in [1.54, 1.807) is 36.4 Å². The lowest BCUT2D eigenvalue weighted by Gasteiger charge is -2.08. The summed E-state index contributed by atoms with van der Waals surface area (Å²) in [7, 11) is 0. The van der Waals surface area contributed by atoms with Gasteiger partial charge in [-0.05, 0) is 60.0 Å². The maximum absolute atomic E-state index is 12.1. The molecule has 0 radical (unpaired) electrons. The van der Waals surface area contributed by atoms with Gasteiger partial charge in [-0.1, -0.05) is 43.6 Å². The summed E-state index contributed by atoms with van der Waals surface area (Å²) >= 11 is 6.03. The van der Waals surface area contributed by atoms with Gasteiger partial charge in [-0.15, -0.1) is 0 Å². The highest BCUT2D eigenvalue weighted by Gasteiger charge is 2.11. The monoisotopic (exact) mass is 420 g/mol. The largest absolute Gasteiger partial charge is 0.482 e. The van der Waals surface area contributed by atoms with Crippen LogP contribution >= 0.6 is 11.6 Å². The molecule has 0 atom stereocenters. The number of para-hydroxylation sites is 1. The highest BCUT2D eigenvalue weighted by molar-refractivity contribution is 6.32. The van der Waals surface area contributed by atoms with Crippen LogP contribution in [0.3, 0.4) is 0 Å². The number of nitrogens with zero attached hydrogens (tertiary/aromatic N) is 1. The van der Waals surface area contributed by atoms with Crippen molar-refractivity contribution in [2.24, 2.45) is 0 Å². The lowest BCUT2D eigenvalue weighted by atomic mass is 10.0. The van der Waals surface area contributed by atoms with Crippen molar-refractivity contribution in [1.82, 2.24) is 4.98 Å². The van der Waals surface area contributed by atoms with Gasteiger partial charge in [0.25, 0.3) is 5.91 Å². The van der Waals surface area contributed by atoms with E-state index in [2.05, 4.69) is 36.3 Å². The first-order valence-corrected chi connectivity index (χ1v) is 10.1. The van der Waals surface area contributed by atoms with Crippen LogP contribution in [0.2, 0.25) is 5.02 Å². The predicted octanol–water partition coefficient (Wildman–Crippen LogP) is 6.29. The maximum Gasteiger partial charge on any atom is 0.262 e. The number of nitrogens with one attached hydrogen (secondary N) is 1. The molecule has 5 nitrogen and oxygen atoms in total. The molecule has 1 heterocycles. The number of halogens is 1. The Morgan fingerprint density at radius 2 is 1.87 bits per heavy atom. The zero-order chi connectivity index (χ0) is 21.1.